The van der Waals surface area contributed by atoms with Gasteiger partial charge >= 0.3 is 0 Å². The smallest absolute Gasteiger partial charge is 0.243 e. The summed E-state index contributed by atoms with van der Waals surface area (Å²) < 4.78 is 31.6. The zero-order valence-electron chi connectivity index (χ0n) is 16.1. The summed E-state index contributed by atoms with van der Waals surface area (Å²) in [5.74, 6) is 0.0723. The van der Waals surface area contributed by atoms with E-state index in [4.69, 9.17) is 4.74 Å². The molecule has 0 aliphatic heterocycles. The molecule has 1 rings (SSSR count). The van der Waals surface area contributed by atoms with Crippen LogP contribution in [0.25, 0.3) is 0 Å². The topological polar surface area (TPSA) is 66.9 Å². The number of hydrogen-bond acceptors (Lipinski definition) is 4. The summed E-state index contributed by atoms with van der Waals surface area (Å²) in [4.78, 5) is 14.4. The summed E-state index contributed by atoms with van der Waals surface area (Å²) in [5.41, 5.74) is 1.93. The number of amides is 1. The van der Waals surface area contributed by atoms with E-state index in [0.717, 1.165) is 15.4 Å². The number of benzene rings is 1. The maximum atomic E-state index is 12.7. The molecular weight excluding hydrogens is 340 g/mol. The molecule has 0 saturated carbocycles. The third kappa shape index (κ3) is 6.09. The highest BCUT2D eigenvalue weighted by Crippen LogP contribution is 2.18. The zero-order chi connectivity index (χ0) is 19.2. The van der Waals surface area contributed by atoms with Gasteiger partial charge in [-0.05, 0) is 43.0 Å². The molecule has 0 radical (unpaired) electrons. The van der Waals surface area contributed by atoms with Gasteiger partial charge in [-0.3, -0.25) is 4.79 Å². The first-order valence-electron chi connectivity index (χ1n) is 8.40. The molecule has 0 unspecified atom stereocenters. The standard InChI is InChI=1S/C18H30N2O4S/c1-14(2)12-20(9-10-24-6)18(21)13-19(5)25(22,23)17-8-7-15(3)16(4)11-17/h7-8,11,14H,9-10,12-13H2,1-6H3. The van der Waals surface area contributed by atoms with Crippen molar-refractivity contribution in [2.75, 3.05) is 40.4 Å². The normalized spacial score (nSPS) is 12.0. The van der Waals surface area contributed by atoms with Gasteiger partial charge in [0, 0.05) is 27.2 Å². The lowest BCUT2D eigenvalue weighted by Gasteiger charge is -2.26. The molecule has 1 aromatic rings. The van der Waals surface area contributed by atoms with E-state index in [1.54, 1.807) is 30.2 Å². The van der Waals surface area contributed by atoms with Gasteiger partial charge in [0.25, 0.3) is 0 Å². The fourth-order valence-corrected chi connectivity index (χ4v) is 3.60. The van der Waals surface area contributed by atoms with Gasteiger partial charge < -0.3 is 9.64 Å². The molecule has 0 spiro atoms. The van der Waals surface area contributed by atoms with Crippen LogP contribution in [0.3, 0.4) is 0 Å². The van der Waals surface area contributed by atoms with Crippen LogP contribution < -0.4 is 0 Å². The van der Waals surface area contributed by atoms with Crippen molar-refractivity contribution in [3.05, 3.63) is 29.3 Å². The number of methoxy groups -OCH3 is 1. The van der Waals surface area contributed by atoms with Crippen LogP contribution in [0, 0.1) is 19.8 Å². The van der Waals surface area contributed by atoms with E-state index >= 15 is 0 Å². The average Bonchev–Trinajstić information content (AvgIpc) is 2.53. The highest BCUT2D eigenvalue weighted by molar-refractivity contribution is 7.89. The van der Waals surface area contributed by atoms with Crippen LogP contribution in [0.1, 0.15) is 25.0 Å². The molecule has 7 heteroatoms. The Kier molecular flexibility index (Phi) is 8.05. The molecule has 25 heavy (non-hydrogen) atoms. The Hall–Kier alpha value is -1.44. The summed E-state index contributed by atoms with van der Waals surface area (Å²) in [6, 6.07) is 5.00. The number of likely N-dealkylation sites (N-methyl/N-ethyl adjacent to an activating group) is 1. The van der Waals surface area contributed by atoms with Crippen LogP contribution in [-0.2, 0) is 19.6 Å². The molecule has 0 fully saturated rings. The lowest BCUT2D eigenvalue weighted by molar-refractivity contribution is -0.132. The van der Waals surface area contributed by atoms with Crippen molar-refractivity contribution in [3.8, 4) is 0 Å². The van der Waals surface area contributed by atoms with Crippen molar-refractivity contribution in [1.29, 1.82) is 0 Å². The van der Waals surface area contributed by atoms with Gasteiger partial charge in [-0.15, -0.1) is 0 Å². The molecule has 0 aliphatic rings. The Morgan fingerprint density at radius 3 is 2.36 bits per heavy atom. The van der Waals surface area contributed by atoms with E-state index in [1.165, 1.54) is 7.05 Å². The molecule has 0 saturated heterocycles. The van der Waals surface area contributed by atoms with E-state index < -0.39 is 10.0 Å². The SMILES string of the molecule is COCCN(CC(C)C)C(=O)CN(C)S(=O)(=O)c1ccc(C)c(C)c1. The number of ether oxygens (including phenoxy) is 1. The van der Waals surface area contributed by atoms with Gasteiger partial charge in [0.05, 0.1) is 18.0 Å². The van der Waals surface area contributed by atoms with Crippen LogP contribution in [0.2, 0.25) is 0 Å². The van der Waals surface area contributed by atoms with Gasteiger partial charge in [-0.1, -0.05) is 19.9 Å². The number of nitrogens with zero attached hydrogens (tertiary/aromatic N) is 2. The Balaban J connectivity index is 2.91. The second-order valence-corrected chi connectivity index (χ2v) is 8.78. The molecule has 0 heterocycles. The summed E-state index contributed by atoms with van der Waals surface area (Å²) in [5, 5.41) is 0. The minimum Gasteiger partial charge on any atom is -0.383 e. The van der Waals surface area contributed by atoms with Crippen molar-refractivity contribution in [2.24, 2.45) is 5.92 Å². The Bertz CT molecular complexity index is 686. The van der Waals surface area contributed by atoms with Crippen LogP contribution in [0.4, 0.5) is 0 Å². The van der Waals surface area contributed by atoms with Crippen LogP contribution in [-0.4, -0.2) is 63.9 Å². The predicted octanol–water partition coefficient (Wildman–Crippen LogP) is 2.05. The van der Waals surface area contributed by atoms with Gasteiger partial charge in [0.2, 0.25) is 15.9 Å². The molecule has 0 aliphatic carbocycles. The van der Waals surface area contributed by atoms with Gasteiger partial charge in [0.1, 0.15) is 0 Å². The number of aryl methyl sites for hydroxylation is 2. The van der Waals surface area contributed by atoms with Crippen molar-refractivity contribution in [3.63, 3.8) is 0 Å². The highest BCUT2D eigenvalue weighted by atomic mass is 32.2. The van der Waals surface area contributed by atoms with E-state index in [0.29, 0.717) is 25.6 Å². The first-order chi connectivity index (χ1) is 11.6. The minimum atomic E-state index is -3.70. The van der Waals surface area contributed by atoms with Crippen LogP contribution in [0.5, 0.6) is 0 Å². The first-order valence-corrected chi connectivity index (χ1v) is 9.84. The van der Waals surface area contributed by atoms with Crippen molar-refractivity contribution in [2.45, 2.75) is 32.6 Å². The molecule has 6 nitrogen and oxygen atoms in total. The fraction of sp³-hybridized carbons (Fsp3) is 0.611. The molecule has 0 atom stereocenters. The number of carbonyl (C=O) groups is 1. The largest absolute Gasteiger partial charge is 0.383 e. The average molecular weight is 371 g/mol. The number of hydrogen-bond donors (Lipinski definition) is 0. The predicted molar refractivity (Wildman–Crippen MR) is 99.0 cm³/mol. The molecule has 0 bridgehead atoms. The number of rotatable bonds is 9. The molecule has 1 amide bonds. The van der Waals surface area contributed by atoms with Gasteiger partial charge in [-0.25, -0.2) is 8.42 Å². The molecule has 0 N–H and O–H groups in total. The third-order valence-electron chi connectivity index (χ3n) is 4.05. The Labute approximate surface area is 151 Å². The second kappa shape index (κ2) is 9.31. The lowest BCUT2D eigenvalue weighted by atomic mass is 10.1. The third-order valence-corrected chi connectivity index (χ3v) is 5.85. The molecule has 142 valence electrons. The highest BCUT2D eigenvalue weighted by Gasteiger charge is 2.25. The maximum absolute atomic E-state index is 12.7. The monoisotopic (exact) mass is 370 g/mol. The van der Waals surface area contributed by atoms with Gasteiger partial charge in [-0.2, -0.15) is 4.31 Å². The maximum Gasteiger partial charge on any atom is 0.243 e. The first kappa shape index (κ1) is 21.6. The van der Waals surface area contributed by atoms with Crippen molar-refractivity contribution in [1.82, 2.24) is 9.21 Å². The number of sulfonamides is 1. The van der Waals surface area contributed by atoms with Crippen LogP contribution in [0.15, 0.2) is 23.1 Å². The Morgan fingerprint density at radius 2 is 1.84 bits per heavy atom. The summed E-state index contributed by atoms with van der Waals surface area (Å²) in [6.07, 6.45) is 0. The van der Waals surface area contributed by atoms with E-state index in [-0.39, 0.29) is 17.3 Å². The van der Waals surface area contributed by atoms with E-state index in [1.807, 2.05) is 27.7 Å². The summed E-state index contributed by atoms with van der Waals surface area (Å²) in [6.45, 7) is 9.08. The quantitative estimate of drug-likeness (QED) is 0.667. The lowest BCUT2D eigenvalue weighted by Crippen LogP contribution is -2.43. The number of carbonyl (C=O) groups excluding carboxylic acids is 1. The van der Waals surface area contributed by atoms with E-state index in [2.05, 4.69) is 0 Å². The second-order valence-electron chi connectivity index (χ2n) is 6.73. The van der Waals surface area contributed by atoms with Crippen LogP contribution >= 0.6 is 0 Å². The van der Waals surface area contributed by atoms with Crippen molar-refractivity contribution >= 4 is 15.9 Å². The fourth-order valence-electron chi connectivity index (χ4n) is 2.39. The molecule has 0 aromatic heterocycles. The summed E-state index contributed by atoms with van der Waals surface area (Å²) in [7, 11) is -0.687. The summed E-state index contributed by atoms with van der Waals surface area (Å²) >= 11 is 0. The Morgan fingerprint density at radius 1 is 1.20 bits per heavy atom. The molecular formula is C18H30N2O4S. The van der Waals surface area contributed by atoms with Crippen molar-refractivity contribution < 1.29 is 17.9 Å². The zero-order valence-corrected chi connectivity index (χ0v) is 16.9. The van der Waals surface area contributed by atoms with E-state index in [9.17, 15) is 13.2 Å². The molecule has 1 aromatic carbocycles. The van der Waals surface area contributed by atoms with Gasteiger partial charge in [0.15, 0.2) is 0 Å². The minimum absolute atomic E-state index is 0.189.